The number of aliphatic hydroxyl groups is 1. The molecule has 2 aromatic carbocycles. The number of hydrogen-bond acceptors (Lipinski definition) is 3. The summed E-state index contributed by atoms with van der Waals surface area (Å²) in [5, 5.41) is 14.5. The summed E-state index contributed by atoms with van der Waals surface area (Å²) in [6, 6.07) is 15.2. The van der Waals surface area contributed by atoms with Gasteiger partial charge in [-0.15, -0.1) is 0 Å². The number of aryl methyl sites for hydroxylation is 1. The van der Waals surface area contributed by atoms with E-state index in [2.05, 4.69) is 16.7 Å². The van der Waals surface area contributed by atoms with E-state index in [1.807, 2.05) is 50.2 Å². The summed E-state index contributed by atoms with van der Waals surface area (Å²) in [6.45, 7) is 4.58. The van der Waals surface area contributed by atoms with Crippen LogP contribution in [-0.2, 0) is 6.61 Å². The van der Waals surface area contributed by atoms with E-state index in [0.717, 1.165) is 12.0 Å². The van der Waals surface area contributed by atoms with Crippen molar-refractivity contribution >= 4 is 11.7 Å². The highest BCUT2D eigenvalue weighted by Crippen LogP contribution is 2.19. The van der Waals surface area contributed by atoms with Gasteiger partial charge in [0.15, 0.2) is 0 Å². The zero-order chi connectivity index (χ0) is 18.1. The fraction of sp³-hybridized carbons (Fsp3) is 0.350. The van der Waals surface area contributed by atoms with E-state index in [0.29, 0.717) is 24.5 Å². The molecule has 0 aliphatic heterocycles. The van der Waals surface area contributed by atoms with Crippen LogP contribution in [0, 0.1) is 6.92 Å². The van der Waals surface area contributed by atoms with E-state index in [1.54, 1.807) is 6.07 Å². The van der Waals surface area contributed by atoms with Crippen LogP contribution in [0.1, 0.15) is 30.9 Å². The first-order chi connectivity index (χ1) is 12.1. The Morgan fingerprint density at radius 1 is 1.20 bits per heavy atom. The van der Waals surface area contributed by atoms with Crippen molar-refractivity contribution < 1.29 is 14.6 Å². The molecule has 0 radical (unpaired) electrons. The van der Waals surface area contributed by atoms with E-state index in [9.17, 15) is 4.79 Å². The maximum Gasteiger partial charge on any atom is 0.319 e. The molecule has 3 N–H and O–H groups in total. The average molecular weight is 342 g/mol. The van der Waals surface area contributed by atoms with Crippen molar-refractivity contribution in [1.29, 1.82) is 0 Å². The second-order valence-electron chi connectivity index (χ2n) is 6.17. The molecule has 0 aromatic heterocycles. The van der Waals surface area contributed by atoms with Crippen molar-refractivity contribution in [3.63, 3.8) is 0 Å². The Kier molecular flexibility index (Phi) is 7.29. The summed E-state index contributed by atoms with van der Waals surface area (Å²) in [5.41, 5.74) is 2.98. The highest BCUT2D eigenvalue weighted by atomic mass is 16.5. The number of anilines is 1. The number of ether oxygens (including phenoxy) is 1. The Balaban J connectivity index is 1.86. The molecule has 0 saturated carbocycles. The van der Waals surface area contributed by atoms with Crippen LogP contribution in [0.3, 0.4) is 0 Å². The molecule has 2 rings (SSSR count). The molecule has 0 saturated heterocycles. The van der Waals surface area contributed by atoms with Crippen LogP contribution in [0.2, 0.25) is 0 Å². The van der Waals surface area contributed by atoms with Gasteiger partial charge in [0.1, 0.15) is 12.4 Å². The second-order valence-corrected chi connectivity index (χ2v) is 6.17. The monoisotopic (exact) mass is 342 g/mol. The average Bonchev–Trinajstić information content (AvgIpc) is 2.58. The number of nitrogens with one attached hydrogen (secondary N) is 2. The first kappa shape index (κ1) is 18.8. The van der Waals surface area contributed by atoms with Gasteiger partial charge >= 0.3 is 6.03 Å². The van der Waals surface area contributed by atoms with Crippen molar-refractivity contribution in [3.8, 4) is 5.75 Å². The van der Waals surface area contributed by atoms with E-state index < -0.39 is 0 Å². The first-order valence-electron chi connectivity index (χ1n) is 8.53. The van der Waals surface area contributed by atoms with Crippen LogP contribution in [0.4, 0.5) is 10.5 Å². The van der Waals surface area contributed by atoms with Gasteiger partial charge in [0, 0.05) is 24.4 Å². The third kappa shape index (κ3) is 6.85. The molecule has 1 unspecified atom stereocenters. The van der Waals surface area contributed by atoms with Crippen LogP contribution in [0.15, 0.2) is 48.5 Å². The molecular formula is C20H26N2O3. The van der Waals surface area contributed by atoms with Gasteiger partial charge < -0.3 is 20.5 Å². The summed E-state index contributed by atoms with van der Waals surface area (Å²) >= 11 is 0. The summed E-state index contributed by atoms with van der Waals surface area (Å²) in [7, 11) is 0. The molecule has 25 heavy (non-hydrogen) atoms. The van der Waals surface area contributed by atoms with Gasteiger partial charge in [-0.25, -0.2) is 4.79 Å². The molecule has 0 heterocycles. The van der Waals surface area contributed by atoms with E-state index >= 15 is 0 Å². The number of benzene rings is 2. The lowest BCUT2D eigenvalue weighted by Gasteiger charge is -2.14. The van der Waals surface area contributed by atoms with Gasteiger partial charge in [-0.1, -0.05) is 35.9 Å². The van der Waals surface area contributed by atoms with Gasteiger partial charge in [-0.2, -0.15) is 0 Å². The minimum absolute atomic E-state index is 0.00732. The Labute approximate surface area is 149 Å². The number of carbonyl (C=O) groups is 1. The largest absolute Gasteiger partial charge is 0.489 e. The van der Waals surface area contributed by atoms with Crippen LogP contribution < -0.4 is 15.4 Å². The smallest absolute Gasteiger partial charge is 0.319 e. The normalized spacial score (nSPS) is 11.6. The summed E-state index contributed by atoms with van der Waals surface area (Å²) < 4.78 is 5.80. The molecule has 1 atom stereocenters. The van der Waals surface area contributed by atoms with Crippen molar-refractivity contribution in [1.82, 2.24) is 5.32 Å². The first-order valence-corrected chi connectivity index (χ1v) is 8.53. The minimum atomic E-state index is -0.263. The fourth-order valence-corrected chi connectivity index (χ4v) is 2.49. The second kappa shape index (κ2) is 9.69. The number of urea groups is 1. The maximum atomic E-state index is 12.0. The Morgan fingerprint density at radius 3 is 2.76 bits per heavy atom. The van der Waals surface area contributed by atoms with Gasteiger partial charge in [0.25, 0.3) is 0 Å². The predicted molar refractivity (Wildman–Crippen MR) is 99.9 cm³/mol. The number of aliphatic hydroxyl groups excluding tert-OH is 1. The van der Waals surface area contributed by atoms with Crippen molar-refractivity contribution in [2.45, 2.75) is 39.3 Å². The van der Waals surface area contributed by atoms with Crippen LogP contribution >= 0.6 is 0 Å². The Morgan fingerprint density at radius 2 is 2.00 bits per heavy atom. The molecular weight excluding hydrogens is 316 g/mol. The number of carbonyl (C=O) groups excluding carboxylic acids is 1. The number of rotatable bonds is 8. The zero-order valence-corrected chi connectivity index (χ0v) is 14.8. The molecule has 0 aliphatic rings. The Bertz CT molecular complexity index is 688. The van der Waals surface area contributed by atoms with Crippen molar-refractivity contribution in [2.75, 3.05) is 11.9 Å². The summed E-state index contributed by atoms with van der Waals surface area (Å²) in [5.74, 6) is 0.702. The van der Waals surface area contributed by atoms with E-state index in [-0.39, 0.29) is 18.7 Å². The molecule has 2 amide bonds. The van der Waals surface area contributed by atoms with Gasteiger partial charge in [-0.3, -0.25) is 0 Å². The molecule has 0 spiro atoms. The highest BCUT2D eigenvalue weighted by Gasteiger charge is 2.07. The predicted octanol–water partition coefficient (Wildman–Crippen LogP) is 3.86. The zero-order valence-electron chi connectivity index (χ0n) is 14.8. The highest BCUT2D eigenvalue weighted by molar-refractivity contribution is 5.89. The topological polar surface area (TPSA) is 70.6 Å². The lowest BCUT2D eigenvalue weighted by molar-refractivity contribution is 0.245. The molecule has 0 aliphatic carbocycles. The van der Waals surface area contributed by atoms with Crippen LogP contribution in [0.25, 0.3) is 0 Å². The van der Waals surface area contributed by atoms with Gasteiger partial charge in [0.05, 0.1) is 0 Å². The lowest BCUT2D eigenvalue weighted by atomic mass is 10.1. The Hall–Kier alpha value is -2.53. The number of hydrogen-bond donors (Lipinski definition) is 3. The fourth-order valence-electron chi connectivity index (χ4n) is 2.49. The van der Waals surface area contributed by atoms with E-state index in [1.165, 1.54) is 5.56 Å². The molecule has 5 nitrogen and oxygen atoms in total. The standard InChI is InChI=1S/C20H26N2O3/c1-15-6-3-8-17(12-15)14-25-19-10-4-9-18(13-19)22-20(24)21-16(2)7-5-11-23/h3-4,6,8-10,12-13,16,23H,5,7,11,14H2,1-2H3,(H2,21,22,24). The number of amides is 2. The SMILES string of the molecule is Cc1cccc(COc2cccc(NC(=O)NC(C)CCCO)c2)c1. The quantitative estimate of drug-likeness (QED) is 0.682. The molecule has 0 fully saturated rings. The molecule has 5 heteroatoms. The van der Waals surface area contributed by atoms with Crippen molar-refractivity contribution in [3.05, 3.63) is 59.7 Å². The van der Waals surface area contributed by atoms with Crippen LogP contribution in [-0.4, -0.2) is 23.8 Å². The lowest BCUT2D eigenvalue weighted by Crippen LogP contribution is -2.36. The summed E-state index contributed by atoms with van der Waals surface area (Å²) in [4.78, 5) is 12.0. The van der Waals surface area contributed by atoms with Crippen molar-refractivity contribution in [2.24, 2.45) is 0 Å². The molecule has 0 bridgehead atoms. The van der Waals surface area contributed by atoms with Gasteiger partial charge in [0.2, 0.25) is 0 Å². The van der Waals surface area contributed by atoms with Gasteiger partial charge in [-0.05, 0) is 44.4 Å². The third-order valence-electron chi connectivity index (χ3n) is 3.75. The van der Waals surface area contributed by atoms with Crippen LogP contribution in [0.5, 0.6) is 5.75 Å². The molecule has 134 valence electrons. The van der Waals surface area contributed by atoms with E-state index in [4.69, 9.17) is 9.84 Å². The third-order valence-corrected chi connectivity index (χ3v) is 3.75. The summed E-state index contributed by atoms with van der Waals surface area (Å²) in [6.07, 6.45) is 1.41. The molecule has 2 aromatic rings. The minimum Gasteiger partial charge on any atom is -0.489 e. The maximum absolute atomic E-state index is 12.0.